The maximum Gasteiger partial charge on any atom is 0.347 e. The van der Waals surface area contributed by atoms with Crippen molar-refractivity contribution in [1.82, 2.24) is 9.88 Å². The maximum absolute atomic E-state index is 11.2. The average Bonchev–Trinajstić information content (AvgIpc) is 2.90. The number of carboxylic acids is 1. The molecule has 0 atom stereocenters. The van der Waals surface area contributed by atoms with Gasteiger partial charge in [0, 0.05) is 13.1 Å². The number of aryl methyl sites for hydroxylation is 1. The third-order valence-corrected chi connectivity index (χ3v) is 4.91. The van der Waals surface area contributed by atoms with E-state index in [1.807, 2.05) is 6.92 Å². The fourth-order valence-electron chi connectivity index (χ4n) is 2.76. The molecule has 0 saturated carbocycles. The second kappa shape index (κ2) is 5.95. The number of nitrogens with zero attached hydrogens (tertiary/aromatic N) is 2. The highest BCUT2D eigenvalue weighted by molar-refractivity contribution is 7.13. The zero-order valence-electron chi connectivity index (χ0n) is 12.0. The van der Waals surface area contributed by atoms with Gasteiger partial charge >= 0.3 is 5.97 Å². The van der Waals surface area contributed by atoms with Gasteiger partial charge in [-0.05, 0) is 24.0 Å². The van der Waals surface area contributed by atoms with Crippen LogP contribution < -0.4 is 0 Å². The van der Waals surface area contributed by atoms with E-state index < -0.39 is 5.97 Å². The number of thiazole rings is 1. The van der Waals surface area contributed by atoms with Crippen LogP contribution in [-0.4, -0.2) is 27.5 Å². The van der Waals surface area contributed by atoms with Crippen LogP contribution in [0.2, 0.25) is 0 Å². The summed E-state index contributed by atoms with van der Waals surface area (Å²) in [5, 5.41) is 10.1. The third-order valence-electron chi connectivity index (χ3n) is 3.84. The standard InChI is InChI=1S/C16H18N2O2S/c1-2-13-15(16(19)20)21-14(17-13)10-18-8-7-11-5-3-4-6-12(11)9-18/h3-6H,2,7-10H2,1H3,(H,19,20). The average molecular weight is 302 g/mol. The summed E-state index contributed by atoms with van der Waals surface area (Å²) in [6, 6.07) is 8.52. The van der Waals surface area contributed by atoms with Crippen LogP contribution in [-0.2, 0) is 25.9 Å². The first kappa shape index (κ1) is 14.2. The molecule has 4 nitrogen and oxygen atoms in total. The molecule has 0 bridgehead atoms. The Balaban J connectivity index is 1.75. The Hall–Kier alpha value is -1.72. The van der Waals surface area contributed by atoms with E-state index in [0.29, 0.717) is 17.0 Å². The summed E-state index contributed by atoms with van der Waals surface area (Å²) in [6.07, 6.45) is 1.72. The summed E-state index contributed by atoms with van der Waals surface area (Å²) in [4.78, 5) is 18.4. The maximum atomic E-state index is 11.2. The van der Waals surface area contributed by atoms with Gasteiger partial charge in [-0.15, -0.1) is 11.3 Å². The van der Waals surface area contributed by atoms with E-state index in [2.05, 4.69) is 34.1 Å². The molecular weight excluding hydrogens is 284 g/mol. The Morgan fingerprint density at radius 2 is 2.14 bits per heavy atom. The Bertz CT molecular complexity index is 666. The number of aromatic nitrogens is 1. The SMILES string of the molecule is CCc1nc(CN2CCc3ccccc3C2)sc1C(=O)O. The molecule has 0 amide bonds. The van der Waals surface area contributed by atoms with Gasteiger partial charge in [0.1, 0.15) is 9.88 Å². The zero-order valence-corrected chi connectivity index (χ0v) is 12.8. The van der Waals surface area contributed by atoms with E-state index >= 15 is 0 Å². The molecule has 2 aromatic rings. The smallest absolute Gasteiger partial charge is 0.347 e. The molecule has 0 radical (unpaired) electrons. The molecule has 1 aliphatic rings. The molecule has 0 saturated heterocycles. The predicted octanol–water partition coefficient (Wildman–Crippen LogP) is 2.96. The lowest BCUT2D eigenvalue weighted by molar-refractivity contribution is 0.0701. The number of carbonyl (C=O) groups is 1. The van der Waals surface area contributed by atoms with Crippen molar-refractivity contribution in [2.75, 3.05) is 6.54 Å². The van der Waals surface area contributed by atoms with Gasteiger partial charge in [0.25, 0.3) is 0 Å². The van der Waals surface area contributed by atoms with Crippen molar-refractivity contribution >= 4 is 17.3 Å². The van der Waals surface area contributed by atoms with E-state index in [4.69, 9.17) is 0 Å². The van der Waals surface area contributed by atoms with Crippen molar-refractivity contribution in [3.8, 4) is 0 Å². The second-order valence-electron chi connectivity index (χ2n) is 5.27. The van der Waals surface area contributed by atoms with Crippen molar-refractivity contribution in [1.29, 1.82) is 0 Å². The van der Waals surface area contributed by atoms with Gasteiger partial charge < -0.3 is 5.11 Å². The number of aromatic carboxylic acids is 1. The Morgan fingerprint density at radius 3 is 2.81 bits per heavy atom. The number of benzene rings is 1. The first-order chi connectivity index (χ1) is 10.2. The van der Waals surface area contributed by atoms with Crippen LogP contribution in [0, 0.1) is 0 Å². The molecule has 110 valence electrons. The Morgan fingerprint density at radius 1 is 1.38 bits per heavy atom. The Kier molecular flexibility index (Phi) is 4.03. The van der Waals surface area contributed by atoms with Crippen LogP contribution in [0.25, 0.3) is 0 Å². The van der Waals surface area contributed by atoms with Gasteiger partial charge in [0.2, 0.25) is 0 Å². The highest BCUT2D eigenvalue weighted by Crippen LogP contribution is 2.24. The lowest BCUT2D eigenvalue weighted by Gasteiger charge is -2.27. The number of hydrogen-bond acceptors (Lipinski definition) is 4. The Labute approximate surface area is 128 Å². The van der Waals surface area contributed by atoms with E-state index in [0.717, 1.165) is 31.1 Å². The fraction of sp³-hybridized carbons (Fsp3) is 0.375. The third kappa shape index (κ3) is 2.99. The summed E-state index contributed by atoms with van der Waals surface area (Å²) in [6.45, 7) is 4.60. The molecule has 1 aliphatic heterocycles. The normalized spacial score (nSPS) is 14.9. The minimum absolute atomic E-state index is 0.393. The summed E-state index contributed by atoms with van der Waals surface area (Å²) in [7, 11) is 0. The highest BCUT2D eigenvalue weighted by atomic mass is 32.1. The van der Waals surface area contributed by atoms with Gasteiger partial charge in [0.15, 0.2) is 0 Å². The van der Waals surface area contributed by atoms with Crippen molar-refractivity contribution in [2.45, 2.75) is 32.9 Å². The van der Waals surface area contributed by atoms with Crippen molar-refractivity contribution in [2.24, 2.45) is 0 Å². The quantitative estimate of drug-likeness (QED) is 0.943. The molecule has 1 aromatic carbocycles. The lowest BCUT2D eigenvalue weighted by atomic mass is 10.0. The second-order valence-corrected chi connectivity index (χ2v) is 6.36. The number of rotatable bonds is 4. The molecule has 0 aliphatic carbocycles. The topological polar surface area (TPSA) is 53.4 Å². The minimum atomic E-state index is -0.861. The van der Waals surface area contributed by atoms with Gasteiger partial charge in [-0.25, -0.2) is 9.78 Å². The lowest BCUT2D eigenvalue weighted by Crippen LogP contribution is -2.29. The molecule has 2 heterocycles. The van der Waals surface area contributed by atoms with Gasteiger partial charge in [-0.1, -0.05) is 31.2 Å². The van der Waals surface area contributed by atoms with Gasteiger partial charge in [0.05, 0.1) is 12.2 Å². The number of carboxylic acid groups (broad SMARTS) is 1. The summed E-state index contributed by atoms with van der Waals surface area (Å²) >= 11 is 1.31. The van der Waals surface area contributed by atoms with E-state index in [1.165, 1.54) is 22.5 Å². The first-order valence-electron chi connectivity index (χ1n) is 7.18. The number of hydrogen-bond donors (Lipinski definition) is 1. The zero-order chi connectivity index (χ0) is 14.8. The van der Waals surface area contributed by atoms with Crippen LogP contribution in [0.1, 0.15) is 38.4 Å². The molecule has 3 rings (SSSR count). The highest BCUT2D eigenvalue weighted by Gasteiger charge is 2.20. The van der Waals surface area contributed by atoms with Crippen LogP contribution in [0.5, 0.6) is 0 Å². The molecule has 1 N–H and O–H groups in total. The van der Waals surface area contributed by atoms with E-state index in [1.54, 1.807) is 0 Å². The molecule has 0 spiro atoms. The summed E-state index contributed by atoms with van der Waals surface area (Å²) in [5.74, 6) is -0.861. The van der Waals surface area contributed by atoms with Crippen LogP contribution in [0.3, 0.4) is 0 Å². The molecule has 21 heavy (non-hydrogen) atoms. The van der Waals surface area contributed by atoms with Crippen LogP contribution >= 0.6 is 11.3 Å². The molecule has 5 heteroatoms. The molecule has 1 aromatic heterocycles. The van der Waals surface area contributed by atoms with Gasteiger partial charge in [-0.3, -0.25) is 4.90 Å². The fourth-order valence-corrected chi connectivity index (χ4v) is 3.79. The first-order valence-corrected chi connectivity index (χ1v) is 8.00. The summed E-state index contributed by atoms with van der Waals surface area (Å²) < 4.78 is 0. The van der Waals surface area contributed by atoms with Crippen LogP contribution in [0.15, 0.2) is 24.3 Å². The van der Waals surface area contributed by atoms with Crippen molar-refractivity contribution in [3.63, 3.8) is 0 Å². The molecular formula is C16H18N2O2S. The monoisotopic (exact) mass is 302 g/mol. The minimum Gasteiger partial charge on any atom is -0.477 e. The largest absolute Gasteiger partial charge is 0.477 e. The van der Waals surface area contributed by atoms with E-state index in [9.17, 15) is 9.90 Å². The molecule has 0 unspecified atom stereocenters. The van der Waals surface area contributed by atoms with Crippen LogP contribution in [0.4, 0.5) is 0 Å². The molecule has 0 fully saturated rings. The van der Waals surface area contributed by atoms with E-state index in [-0.39, 0.29) is 0 Å². The number of fused-ring (bicyclic) bond motifs is 1. The van der Waals surface area contributed by atoms with Crippen molar-refractivity contribution in [3.05, 3.63) is 51.0 Å². The summed E-state index contributed by atoms with van der Waals surface area (Å²) in [5.41, 5.74) is 3.50. The van der Waals surface area contributed by atoms with Gasteiger partial charge in [-0.2, -0.15) is 0 Å². The predicted molar refractivity (Wildman–Crippen MR) is 82.7 cm³/mol. The van der Waals surface area contributed by atoms with Crippen molar-refractivity contribution < 1.29 is 9.90 Å².